The summed E-state index contributed by atoms with van der Waals surface area (Å²) in [6.07, 6.45) is -3.94. The van der Waals surface area contributed by atoms with Crippen LogP contribution in [0.4, 0.5) is 13.2 Å². The summed E-state index contributed by atoms with van der Waals surface area (Å²) < 4.78 is 59.9. The van der Waals surface area contributed by atoms with Gasteiger partial charge in [-0.1, -0.05) is 11.8 Å². The molecule has 0 heterocycles. The van der Waals surface area contributed by atoms with Crippen LogP contribution in [0.5, 0.6) is 0 Å². The summed E-state index contributed by atoms with van der Waals surface area (Å²) >= 11 is 0.635. The number of alkyl halides is 3. The van der Waals surface area contributed by atoms with Gasteiger partial charge >= 0.3 is 13.8 Å². The van der Waals surface area contributed by atoms with Gasteiger partial charge in [0.15, 0.2) is 0 Å². The van der Waals surface area contributed by atoms with Gasteiger partial charge in [-0.25, -0.2) is 0 Å². The molecule has 19 heavy (non-hydrogen) atoms. The zero-order valence-electron chi connectivity index (χ0n) is 10.8. The minimum absolute atomic E-state index is 0.0428. The van der Waals surface area contributed by atoms with Crippen LogP contribution < -0.4 is 0 Å². The van der Waals surface area contributed by atoms with Crippen molar-refractivity contribution < 1.29 is 31.6 Å². The quantitative estimate of drug-likeness (QED) is 0.529. The Morgan fingerprint density at radius 1 is 1.26 bits per heavy atom. The van der Waals surface area contributed by atoms with Crippen molar-refractivity contribution in [3.63, 3.8) is 0 Å². The van der Waals surface area contributed by atoms with E-state index in [1.165, 1.54) is 20.1 Å². The van der Waals surface area contributed by atoms with Crippen LogP contribution in [-0.2, 0) is 18.4 Å². The van der Waals surface area contributed by atoms with Crippen molar-refractivity contribution in [2.45, 2.75) is 20.0 Å². The SMILES string of the molecule is CCOP(=O)(C/C(=C\C(=O)SC)C(F)(F)F)OCC. The van der Waals surface area contributed by atoms with E-state index in [1.54, 1.807) is 0 Å². The number of hydrogen-bond acceptors (Lipinski definition) is 5. The van der Waals surface area contributed by atoms with Crippen LogP contribution in [0.1, 0.15) is 13.8 Å². The fraction of sp³-hybridized carbons (Fsp3) is 0.700. The molecule has 0 aromatic heterocycles. The van der Waals surface area contributed by atoms with Crippen LogP contribution in [-0.4, -0.2) is 36.9 Å². The fourth-order valence-electron chi connectivity index (χ4n) is 1.15. The number of thioether (sulfide) groups is 1. The predicted molar refractivity (Wildman–Crippen MR) is 68.4 cm³/mol. The maximum atomic E-state index is 12.8. The van der Waals surface area contributed by atoms with Gasteiger partial charge in [0, 0.05) is 11.6 Å². The molecule has 0 fully saturated rings. The first-order chi connectivity index (χ1) is 8.68. The molecule has 0 aliphatic rings. The zero-order valence-corrected chi connectivity index (χ0v) is 12.5. The molecule has 0 bridgehead atoms. The summed E-state index contributed by atoms with van der Waals surface area (Å²) in [6, 6.07) is 0. The van der Waals surface area contributed by atoms with Gasteiger partial charge in [0.25, 0.3) is 0 Å². The van der Waals surface area contributed by atoms with Crippen molar-refractivity contribution >= 4 is 24.5 Å². The normalized spacial score (nSPS) is 13.7. The third-order valence-corrected chi connectivity index (χ3v) is 4.42. The summed E-state index contributed by atoms with van der Waals surface area (Å²) in [6.45, 7) is 2.91. The topological polar surface area (TPSA) is 52.6 Å². The molecule has 0 aromatic rings. The first kappa shape index (κ1) is 18.7. The Balaban J connectivity index is 5.25. The molecular weight excluding hydrogens is 304 g/mol. The van der Waals surface area contributed by atoms with E-state index in [-0.39, 0.29) is 13.2 Å². The molecule has 0 N–H and O–H groups in total. The van der Waals surface area contributed by atoms with E-state index in [2.05, 4.69) is 0 Å². The summed E-state index contributed by atoms with van der Waals surface area (Å²) in [4.78, 5) is 11.1. The maximum Gasteiger partial charge on any atom is 0.413 e. The summed E-state index contributed by atoms with van der Waals surface area (Å²) in [5.41, 5.74) is -1.21. The molecule has 0 rings (SSSR count). The Morgan fingerprint density at radius 3 is 2.05 bits per heavy atom. The maximum absolute atomic E-state index is 12.8. The van der Waals surface area contributed by atoms with Crippen molar-refractivity contribution in [3.8, 4) is 0 Å². The van der Waals surface area contributed by atoms with Crippen LogP contribution in [0.15, 0.2) is 11.6 Å². The molecule has 0 unspecified atom stereocenters. The summed E-state index contributed by atoms with van der Waals surface area (Å²) in [5.74, 6) is 0. The smallest absolute Gasteiger partial charge is 0.309 e. The molecule has 0 spiro atoms. The minimum Gasteiger partial charge on any atom is -0.309 e. The average molecular weight is 320 g/mol. The van der Waals surface area contributed by atoms with Gasteiger partial charge in [-0.15, -0.1) is 0 Å². The van der Waals surface area contributed by atoms with Crippen molar-refractivity contribution in [2.24, 2.45) is 0 Å². The Labute approximate surface area is 114 Å². The monoisotopic (exact) mass is 320 g/mol. The van der Waals surface area contributed by atoms with Gasteiger partial charge in [-0.3, -0.25) is 9.36 Å². The molecule has 112 valence electrons. The third kappa shape index (κ3) is 7.15. The molecule has 4 nitrogen and oxygen atoms in total. The number of hydrogen-bond donors (Lipinski definition) is 0. The molecule has 0 aromatic carbocycles. The van der Waals surface area contributed by atoms with Crippen LogP contribution in [0, 0.1) is 0 Å². The van der Waals surface area contributed by atoms with Crippen LogP contribution in [0.25, 0.3) is 0 Å². The number of carbonyl (C=O) groups is 1. The number of allylic oxidation sites excluding steroid dienone is 1. The van der Waals surface area contributed by atoms with E-state index >= 15 is 0 Å². The Morgan fingerprint density at radius 2 is 1.74 bits per heavy atom. The summed E-state index contributed by atoms with van der Waals surface area (Å²) in [7, 11) is -3.89. The predicted octanol–water partition coefficient (Wildman–Crippen LogP) is 3.63. The van der Waals surface area contributed by atoms with Crippen LogP contribution >= 0.6 is 19.4 Å². The van der Waals surface area contributed by atoms with Gasteiger partial charge in [0.2, 0.25) is 5.12 Å². The van der Waals surface area contributed by atoms with E-state index in [9.17, 15) is 22.5 Å². The van der Waals surface area contributed by atoms with Gasteiger partial charge in [0.1, 0.15) is 0 Å². The van der Waals surface area contributed by atoms with Gasteiger partial charge in [-0.05, 0) is 20.1 Å². The first-order valence-corrected chi connectivity index (χ1v) is 8.37. The van der Waals surface area contributed by atoms with E-state index < -0.39 is 30.6 Å². The van der Waals surface area contributed by atoms with Gasteiger partial charge < -0.3 is 9.05 Å². The number of carbonyl (C=O) groups excluding carboxylic acids is 1. The lowest BCUT2D eigenvalue weighted by Crippen LogP contribution is -2.18. The molecule has 0 amide bonds. The molecule has 0 atom stereocenters. The highest BCUT2D eigenvalue weighted by Gasteiger charge is 2.40. The van der Waals surface area contributed by atoms with Crippen molar-refractivity contribution in [2.75, 3.05) is 25.6 Å². The van der Waals surface area contributed by atoms with Crippen molar-refractivity contribution in [1.82, 2.24) is 0 Å². The molecule has 0 radical (unpaired) electrons. The van der Waals surface area contributed by atoms with Crippen molar-refractivity contribution in [3.05, 3.63) is 11.6 Å². The van der Waals surface area contributed by atoms with Gasteiger partial charge in [-0.2, -0.15) is 13.2 Å². The summed E-state index contributed by atoms with van der Waals surface area (Å²) in [5, 5.41) is -0.771. The molecular formula is C10H16F3O4PS. The standard InChI is InChI=1S/C10H16F3O4PS/c1-4-16-18(15,17-5-2)7-8(10(11,12)13)6-9(14)19-3/h6H,4-5,7H2,1-3H3/b8-6+. The van der Waals surface area contributed by atoms with Crippen molar-refractivity contribution in [1.29, 1.82) is 0 Å². The fourth-order valence-corrected chi connectivity index (χ4v) is 3.14. The lowest BCUT2D eigenvalue weighted by Gasteiger charge is -2.19. The molecule has 0 aliphatic heterocycles. The Bertz CT molecular complexity index is 371. The second-order valence-electron chi connectivity index (χ2n) is 3.30. The highest BCUT2D eigenvalue weighted by atomic mass is 32.2. The highest BCUT2D eigenvalue weighted by Crippen LogP contribution is 2.51. The Kier molecular flexibility index (Phi) is 7.96. The van der Waals surface area contributed by atoms with Crippen LogP contribution in [0.3, 0.4) is 0 Å². The average Bonchev–Trinajstić information content (AvgIpc) is 2.27. The lowest BCUT2D eigenvalue weighted by atomic mass is 10.3. The number of halogens is 3. The van der Waals surface area contributed by atoms with E-state index in [4.69, 9.17) is 9.05 Å². The van der Waals surface area contributed by atoms with Gasteiger partial charge in [0.05, 0.1) is 19.4 Å². The van der Waals surface area contributed by atoms with E-state index in [1.807, 2.05) is 0 Å². The second kappa shape index (κ2) is 8.09. The lowest BCUT2D eigenvalue weighted by molar-refractivity contribution is -0.109. The number of rotatable bonds is 7. The zero-order chi connectivity index (χ0) is 15.1. The Hall–Kier alpha value is -0.300. The second-order valence-corrected chi connectivity index (χ2v) is 6.16. The third-order valence-electron chi connectivity index (χ3n) is 1.87. The minimum atomic E-state index is -4.75. The first-order valence-electron chi connectivity index (χ1n) is 5.42. The van der Waals surface area contributed by atoms with E-state index in [0.29, 0.717) is 17.8 Å². The molecule has 0 saturated heterocycles. The highest BCUT2D eigenvalue weighted by molar-refractivity contribution is 8.13. The van der Waals surface area contributed by atoms with Crippen LogP contribution in [0.2, 0.25) is 0 Å². The molecule has 0 saturated carbocycles. The van der Waals surface area contributed by atoms with E-state index in [0.717, 1.165) is 0 Å². The largest absolute Gasteiger partial charge is 0.413 e. The molecule has 9 heteroatoms. The molecule has 0 aliphatic carbocycles.